The molecular weight excluding hydrogens is 104 g/mol. The Bertz CT molecular complexity index is 141. The van der Waals surface area contributed by atoms with Crippen molar-refractivity contribution < 1.29 is 9.59 Å². The number of hydrogen-bond donors (Lipinski definition) is 0. The SMILES string of the molecule is C=CC(=O)CC=C=O. The third-order valence-corrected chi connectivity index (χ3v) is 0.614. The zero-order chi connectivity index (χ0) is 6.41. The molecule has 8 heavy (non-hydrogen) atoms. The number of ketones is 1. The van der Waals surface area contributed by atoms with Crippen molar-refractivity contribution in [1.82, 2.24) is 0 Å². The van der Waals surface area contributed by atoms with Crippen LogP contribution in [0.15, 0.2) is 18.7 Å². The van der Waals surface area contributed by atoms with E-state index in [0.29, 0.717) is 0 Å². The zero-order valence-electron chi connectivity index (χ0n) is 4.39. The molecule has 0 unspecified atom stereocenters. The van der Waals surface area contributed by atoms with Gasteiger partial charge in [0.2, 0.25) is 0 Å². The first-order chi connectivity index (χ1) is 3.81. The third-order valence-electron chi connectivity index (χ3n) is 0.614. The summed E-state index contributed by atoms with van der Waals surface area (Å²) in [5.41, 5.74) is 0. The van der Waals surface area contributed by atoms with Gasteiger partial charge in [0.15, 0.2) is 5.78 Å². The lowest BCUT2D eigenvalue weighted by molar-refractivity contribution is -0.113. The molecule has 0 fully saturated rings. The number of rotatable bonds is 3. The molecule has 0 aromatic heterocycles. The maximum absolute atomic E-state index is 10.2. The van der Waals surface area contributed by atoms with E-state index in [1.165, 1.54) is 12.0 Å². The van der Waals surface area contributed by atoms with E-state index < -0.39 is 0 Å². The molecule has 0 aliphatic carbocycles. The van der Waals surface area contributed by atoms with Crippen LogP contribution in [0.25, 0.3) is 0 Å². The molecule has 0 amide bonds. The van der Waals surface area contributed by atoms with Crippen LogP contribution in [0.1, 0.15) is 6.42 Å². The second-order valence-corrected chi connectivity index (χ2v) is 1.20. The predicted molar refractivity (Wildman–Crippen MR) is 30.1 cm³/mol. The van der Waals surface area contributed by atoms with Crippen LogP contribution < -0.4 is 0 Å². The molecule has 0 N–H and O–H groups in total. The minimum absolute atomic E-state index is 0.118. The molecule has 42 valence electrons. The lowest BCUT2D eigenvalue weighted by Crippen LogP contribution is -1.86. The Kier molecular flexibility index (Phi) is 3.46. The van der Waals surface area contributed by atoms with Crippen molar-refractivity contribution in [3.05, 3.63) is 18.7 Å². The lowest BCUT2D eigenvalue weighted by atomic mass is 10.3. The van der Waals surface area contributed by atoms with Crippen molar-refractivity contribution in [2.24, 2.45) is 0 Å². The Balaban J connectivity index is 3.55. The maximum atomic E-state index is 10.2. The molecule has 0 aromatic rings. The number of carbonyl (C=O) groups is 1. The summed E-state index contributed by atoms with van der Waals surface area (Å²) in [7, 11) is 0. The molecule has 0 aliphatic rings. The van der Waals surface area contributed by atoms with Gasteiger partial charge in [-0.05, 0) is 6.08 Å². The molecular formula is C6H6O2. The van der Waals surface area contributed by atoms with Crippen LogP contribution in [0.4, 0.5) is 0 Å². The van der Waals surface area contributed by atoms with E-state index in [-0.39, 0.29) is 12.2 Å². The molecule has 2 heteroatoms. The van der Waals surface area contributed by atoms with Crippen LogP contribution in [0, 0.1) is 0 Å². The molecule has 0 saturated heterocycles. The quantitative estimate of drug-likeness (QED) is 0.392. The van der Waals surface area contributed by atoms with Crippen LogP contribution in [-0.4, -0.2) is 11.7 Å². The van der Waals surface area contributed by atoms with Gasteiger partial charge in [0.1, 0.15) is 5.94 Å². The van der Waals surface area contributed by atoms with Gasteiger partial charge in [-0.1, -0.05) is 6.58 Å². The van der Waals surface area contributed by atoms with E-state index in [2.05, 4.69) is 6.58 Å². The molecule has 0 rings (SSSR count). The Morgan fingerprint density at radius 3 is 2.75 bits per heavy atom. The fraction of sp³-hybridized carbons (Fsp3) is 0.167. The van der Waals surface area contributed by atoms with E-state index >= 15 is 0 Å². The van der Waals surface area contributed by atoms with Crippen molar-refractivity contribution in [2.45, 2.75) is 6.42 Å². The summed E-state index contributed by atoms with van der Waals surface area (Å²) >= 11 is 0. The van der Waals surface area contributed by atoms with Gasteiger partial charge in [-0.25, -0.2) is 4.79 Å². The second kappa shape index (κ2) is 4.03. The number of carbonyl (C=O) groups excluding carboxylic acids is 2. The van der Waals surface area contributed by atoms with Gasteiger partial charge < -0.3 is 0 Å². The highest BCUT2D eigenvalue weighted by atomic mass is 16.1. The Hall–Kier alpha value is -1.14. The molecule has 0 atom stereocenters. The molecule has 0 aliphatic heterocycles. The van der Waals surface area contributed by atoms with Crippen LogP contribution in [0.3, 0.4) is 0 Å². The summed E-state index contributed by atoms with van der Waals surface area (Å²) in [5.74, 6) is 1.33. The smallest absolute Gasteiger partial charge is 0.159 e. The summed E-state index contributed by atoms with van der Waals surface area (Å²) in [5, 5.41) is 0. The normalized spacial score (nSPS) is 7.00. The largest absolute Gasteiger partial charge is 0.295 e. The third kappa shape index (κ3) is 3.07. The van der Waals surface area contributed by atoms with Gasteiger partial charge in [0.25, 0.3) is 0 Å². The molecule has 2 nitrogen and oxygen atoms in total. The Morgan fingerprint density at radius 2 is 2.38 bits per heavy atom. The van der Waals surface area contributed by atoms with Crippen LogP contribution in [-0.2, 0) is 9.59 Å². The summed E-state index contributed by atoms with van der Waals surface area (Å²) < 4.78 is 0. The molecule has 0 spiro atoms. The first-order valence-electron chi connectivity index (χ1n) is 2.16. The lowest BCUT2D eigenvalue weighted by Gasteiger charge is -1.77. The first-order valence-corrected chi connectivity index (χ1v) is 2.16. The van der Waals surface area contributed by atoms with Crippen molar-refractivity contribution in [1.29, 1.82) is 0 Å². The zero-order valence-corrected chi connectivity index (χ0v) is 4.39. The molecule has 0 radical (unpaired) electrons. The minimum atomic E-state index is -0.159. The fourth-order valence-corrected chi connectivity index (χ4v) is 0.226. The van der Waals surface area contributed by atoms with Crippen LogP contribution >= 0.6 is 0 Å². The van der Waals surface area contributed by atoms with Gasteiger partial charge in [0, 0.05) is 12.5 Å². The fourth-order valence-electron chi connectivity index (χ4n) is 0.226. The molecule has 0 bridgehead atoms. The Labute approximate surface area is 47.5 Å². The van der Waals surface area contributed by atoms with Gasteiger partial charge in [-0.3, -0.25) is 4.79 Å². The Morgan fingerprint density at radius 1 is 1.75 bits per heavy atom. The first kappa shape index (κ1) is 6.86. The van der Waals surface area contributed by atoms with E-state index in [4.69, 9.17) is 0 Å². The van der Waals surface area contributed by atoms with Gasteiger partial charge in [-0.2, -0.15) is 0 Å². The van der Waals surface area contributed by atoms with Crippen molar-refractivity contribution >= 4 is 11.7 Å². The summed E-state index contributed by atoms with van der Waals surface area (Å²) in [4.78, 5) is 19.7. The van der Waals surface area contributed by atoms with Crippen molar-refractivity contribution in [3.63, 3.8) is 0 Å². The average molecular weight is 110 g/mol. The van der Waals surface area contributed by atoms with E-state index in [0.717, 1.165) is 6.08 Å². The standard InChI is InChI=1S/C6H6O2/c1-2-6(8)4-3-5-7/h2-3H,1,4H2. The van der Waals surface area contributed by atoms with E-state index in [9.17, 15) is 9.59 Å². The van der Waals surface area contributed by atoms with Gasteiger partial charge in [0.05, 0.1) is 0 Å². The summed E-state index contributed by atoms with van der Waals surface area (Å²) in [6.45, 7) is 3.21. The topological polar surface area (TPSA) is 34.1 Å². The average Bonchev–Trinajstić information content (AvgIpc) is 1.83. The van der Waals surface area contributed by atoms with Gasteiger partial charge in [-0.15, -0.1) is 0 Å². The van der Waals surface area contributed by atoms with Crippen LogP contribution in [0.2, 0.25) is 0 Å². The van der Waals surface area contributed by atoms with Crippen molar-refractivity contribution in [3.8, 4) is 0 Å². The number of hydrogen-bond acceptors (Lipinski definition) is 2. The van der Waals surface area contributed by atoms with E-state index in [1.807, 2.05) is 0 Å². The minimum Gasteiger partial charge on any atom is -0.295 e. The predicted octanol–water partition coefficient (Wildman–Crippen LogP) is 0.519. The highest BCUT2D eigenvalue weighted by Crippen LogP contribution is 1.80. The number of allylic oxidation sites excluding steroid dienone is 2. The highest BCUT2D eigenvalue weighted by molar-refractivity contribution is 5.90. The highest BCUT2D eigenvalue weighted by Gasteiger charge is 1.86. The second-order valence-electron chi connectivity index (χ2n) is 1.20. The molecule has 0 heterocycles. The van der Waals surface area contributed by atoms with Crippen molar-refractivity contribution in [2.75, 3.05) is 0 Å². The molecule has 0 saturated carbocycles. The summed E-state index contributed by atoms with van der Waals surface area (Å²) in [6, 6.07) is 0. The van der Waals surface area contributed by atoms with E-state index in [1.54, 1.807) is 0 Å². The maximum Gasteiger partial charge on any atom is 0.159 e. The summed E-state index contributed by atoms with van der Waals surface area (Å²) in [6.07, 6.45) is 2.42. The van der Waals surface area contributed by atoms with Crippen LogP contribution in [0.5, 0.6) is 0 Å². The monoisotopic (exact) mass is 110 g/mol. The molecule has 0 aromatic carbocycles. The van der Waals surface area contributed by atoms with Gasteiger partial charge >= 0.3 is 0 Å².